The molecule has 1 aliphatic heterocycles. The molecular weight excluding hydrogens is 198 g/mol. The summed E-state index contributed by atoms with van der Waals surface area (Å²) in [6, 6.07) is 10.6. The minimum absolute atomic E-state index is 0.301. The van der Waals surface area contributed by atoms with Gasteiger partial charge >= 0.3 is 0 Å². The van der Waals surface area contributed by atoms with Crippen molar-refractivity contribution in [1.82, 2.24) is 4.90 Å². The summed E-state index contributed by atoms with van der Waals surface area (Å²) < 4.78 is 0. The molecule has 0 bridgehead atoms. The lowest BCUT2D eigenvalue weighted by Crippen LogP contribution is -2.29. The molecule has 0 saturated carbocycles. The number of nitrogens with zero attached hydrogens (tertiary/aromatic N) is 1. The monoisotopic (exact) mass is 219 g/mol. The number of rotatable bonds is 3. The fourth-order valence-electron chi connectivity index (χ4n) is 2.46. The SMILES string of the molecule is CC(C)N1CC[C@@H]([C@@H](O)c2ccccc2)C1. The maximum absolute atomic E-state index is 10.3. The Morgan fingerprint density at radius 1 is 1.25 bits per heavy atom. The van der Waals surface area contributed by atoms with Gasteiger partial charge in [0.05, 0.1) is 6.10 Å². The molecule has 1 fully saturated rings. The molecule has 1 aliphatic rings. The van der Waals surface area contributed by atoms with Crippen LogP contribution >= 0.6 is 0 Å². The van der Waals surface area contributed by atoms with E-state index < -0.39 is 0 Å². The zero-order chi connectivity index (χ0) is 11.5. The van der Waals surface area contributed by atoms with Crippen LogP contribution in [0.4, 0.5) is 0 Å². The van der Waals surface area contributed by atoms with Gasteiger partial charge in [0.1, 0.15) is 0 Å². The first-order valence-corrected chi connectivity index (χ1v) is 6.15. The first-order chi connectivity index (χ1) is 7.68. The molecule has 16 heavy (non-hydrogen) atoms. The molecule has 1 aromatic carbocycles. The predicted molar refractivity (Wildman–Crippen MR) is 66.2 cm³/mol. The second-order valence-electron chi connectivity index (χ2n) is 4.99. The van der Waals surface area contributed by atoms with E-state index in [1.54, 1.807) is 0 Å². The highest BCUT2D eigenvalue weighted by molar-refractivity contribution is 5.18. The van der Waals surface area contributed by atoms with Crippen LogP contribution in [0.5, 0.6) is 0 Å². The Kier molecular flexibility index (Phi) is 3.62. The highest BCUT2D eigenvalue weighted by Gasteiger charge is 2.29. The maximum atomic E-state index is 10.3. The van der Waals surface area contributed by atoms with Crippen LogP contribution in [0.25, 0.3) is 0 Å². The van der Waals surface area contributed by atoms with Crippen molar-refractivity contribution in [2.45, 2.75) is 32.4 Å². The molecule has 1 N–H and O–H groups in total. The smallest absolute Gasteiger partial charge is 0.0830 e. The Hall–Kier alpha value is -0.860. The van der Waals surface area contributed by atoms with Crippen LogP contribution in [0.15, 0.2) is 30.3 Å². The molecule has 2 heteroatoms. The highest BCUT2D eigenvalue weighted by Crippen LogP contribution is 2.30. The van der Waals surface area contributed by atoms with Crippen molar-refractivity contribution in [1.29, 1.82) is 0 Å². The summed E-state index contributed by atoms with van der Waals surface area (Å²) in [5.74, 6) is 0.393. The molecule has 88 valence electrons. The lowest BCUT2D eigenvalue weighted by molar-refractivity contribution is 0.108. The molecule has 0 aromatic heterocycles. The average molecular weight is 219 g/mol. The summed E-state index contributed by atoms with van der Waals surface area (Å²) in [6.45, 7) is 6.58. The summed E-state index contributed by atoms with van der Waals surface area (Å²) in [4.78, 5) is 2.44. The number of aliphatic hydroxyl groups excluding tert-OH is 1. The van der Waals surface area contributed by atoms with Crippen LogP contribution < -0.4 is 0 Å². The molecule has 0 amide bonds. The number of aliphatic hydroxyl groups is 1. The topological polar surface area (TPSA) is 23.5 Å². The van der Waals surface area contributed by atoms with E-state index in [1.807, 2.05) is 30.3 Å². The lowest BCUT2D eigenvalue weighted by Gasteiger charge is -2.22. The highest BCUT2D eigenvalue weighted by atomic mass is 16.3. The molecule has 0 spiro atoms. The fourth-order valence-corrected chi connectivity index (χ4v) is 2.46. The largest absolute Gasteiger partial charge is 0.388 e. The molecule has 0 aliphatic carbocycles. The van der Waals surface area contributed by atoms with Crippen molar-refractivity contribution in [2.75, 3.05) is 13.1 Å². The van der Waals surface area contributed by atoms with Gasteiger partial charge in [-0.05, 0) is 32.4 Å². The van der Waals surface area contributed by atoms with E-state index in [2.05, 4.69) is 18.7 Å². The molecule has 0 radical (unpaired) electrons. The molecule has 1 saturated heterocycles. The summed E-state index contributed by atoms with van der Waals surface area (Å²) in [6.07, 6.45) is 0.804. The Bertz CT molecular complexity index is 323. The van der Waals surface area contributed by atoms with Gasteiger partial charge in [-0.3, -0.25) is 0 Å². The zero-order valence-corrected chi connectivity index (χ0v) is 10.1. The van der Waals surface area contributed by atoms with E-state index in [0.29, 0.717) is 12.0 Å². The van der Waals surface area contributed by atoms with E-state index in [1.165, 1.54) is 0 Å². The van der Waals surface area contributed by atoms with E-state index in [9.17, 15) is 5.11 Å². The van der Waals surface area contributed by atoms with Crippen molar-refractivity contribution in [3.63, 3.8) is 0 Å². The Balaban J connectivity index is 2.00. The molecular formula is C14H21NO. The maximum Gasteiger partial charge on any atom is 0.0830 e. The third-order valence-electron chi connectivity index (χ3n) is 3.57. The number of benzene rings is 1. The van der Waals surface area contributed by atoms with Crippen molar-refractivity contribution >= 4 is 0 Å². The molecule has 2 nitrogen and oxygen atoms in total. The third kappa shape index (κ3) is 2.45. The van der Waals surface area contributed by atoms with Gasteiger partial charge in [-0.1, -0.05) is 30.3 Å². The van der Waals surface area contributed by atoms with Crippen LogP contribution in [0.1, 0.15) is 31.9 Å². The Morgan fingerprint density at radius 2 is 1.94 bits per heavy atom. The molecule has 1 aromatic rings. The van der Waals surface area contributed by atoms with Gasteiger partial charge in [0.15, 0.2) is 0 Å². The zero-order valence-electron chi connectivity index (χ0n) is 10.1. The average Bonchev–Trinajstić information content (AvgIpc) is 2.78. The van der Waals surface area contributed by atoms with E-state index >= 15 is 0 Å². The first kappa shape index (κ1) is 11.6. The van der Waals surface area contributed by atoms with Gasteiger partial charge in [-0.25, -0.2) is 0 Å². The van der Waals surface area contributed by atoms with Crippen LogP contribution in [-0.4, -0.2) is 29.1 Å². The second kappa shape index (κ2) is 4.98. The first-order valence-electron chi connectivity index (χ1n) is 6.15. The number of hydrogen-bond acceptors (Lipinski definition) is 2. The van der Waals surface area contributed by atoms with Gasteiger partial charge < -0.3 is 10.0 Å². The van der Waals surface area contributed by atoms with Crippen molar-refractivity contribution in [2.24, 2.45) is 5.92 Å². The van der Waals surface area contributed by atoms with Gasteiger partial charge in [0.25, 0.3) is 0 Å². The van der Waals surface area contributed by atoms with E-state index in [0.717, 1.165) is 25.1 Å². The number of likely N-dealkylation sites (tertiary alicyclic amines) is 1. The van der Waals surface area contributed by atoms with E-state index in [4.69, 9.17) is 0 Å². The molecule has 2 atom stereocenters. The van der Waals surface area contributed by atoms with Crippen molar-refractivity contribution < 1.29 is 5.11 Å². The minimum atomic E-state index is -0.301. The molecule has 1 heterocycles. The predicted octanol–water partition coefficient (Wildman–Crippen LogP) is 2.45. The van der Waals surface area contributed by atoms with Gasteiger partial charge in [-0.2, -0.15) is 0 Å². The molecule has 0 unspecified atom stereocenters. The van der Waals surface area contributed by atoms with Crippen molar-refractivity contribution in [3.05, 3.63) is 35.9 Å². The summed E-state index contributed by atoms with van der Waals surface area (Å²) in [5, 5.41) is 10.3. The van der Waals surface area contributed by atoms with Gasteiger partial charge in [-0.15, -0.1) is 0 Å². The number of hydrogen-bond donors (Lipinski definition) is 1. The lowest BCUT2D eigenvalue weighted by atomic mass is 9.95. The van der Waals surface area contributed by atoms with Crippen LogP contribution in [0, 0.1) is 5.92 Å². The third-order valence-corrected chi connectivity index (χ3v) is 3.57. The Morgan fingerprint density at radius 3 is 2.50 bits per heavy atom. The normalized spacial score (nSPS) is 23.9. The van der Waals surface area contributed by atoms with Gasteiger partial charge in [0.2, 0.25) is 0 Å². The summed E-state index contributed by atoms with van der Waals surface area (Å²) >= 11 is 0. The minimum Gasteiger partial charge on any atom is -0.388 e. The van der Waals surface area contributed by atoms with Crippen LogP contribution in [0.2, 0.25) is 0 Å². The quantitative estimate of drug-likeness (QED) is 0.844. The Labute approximate surface area is 97.9 Å². The van der Waals surface area contributed by atoms with Crippen molar-refractivity contribution in [3.8, 4) is 0 Å². The van der Waals surface area contributed by atoms with E-state index in [-0.39, 0.29) is 6.10 Å². The second-order valence-corrected chi connectivity index (χ2v) is 4.99. The fraction of sp³-hybridized carbons (Fsp3) is 0.571. The van der Waals surface area contributed by atoms with Crippen LogP contribution in [0.3, 0.4) is 0 Å². The summed E-state index contributed by atoms with van der Waals surface area (Å²) in [5.41, 5.74) is 1.05. The van der Waals surface area contributed by atoms with Gasteiger partial charge in [0, 0.05) is 18.5 Å². The summed E-state index contributed by atoms with van der Waals surface area (Å²) in [7, 11) is 0. The molecule has 2 rings (SSSR count). The standard InChI is InChI=1S/C14H21NO/c1-11(2)15-9-8-13(10-15)14(16)12-6-4-3-5-7-12/h3-7,11,13-14,16H,8-10H2,1-2H3/t13-,14+/m1/s1. The van der Waals surface area contributed by atoms with Crippen LogP contribution in [-0.2, 0) is 0 Å².